The van der Waals surface area contributed by atoms with Crippen LogP contribution >= 0.6 is 0 Å². The molecule has 0 aromatic heterocycles. The van der Waals surface area contributed by atoms with Gasteiger partial charge in [-0.1, -0.05) is 39.0 Å². The van der Waals surface area contributed by atoms with Crippen LogP contribution in [0.2, 0.25) is 0 Å². The zero-order chi connectivity index (χ0) is 14.4. The van der Waals surface area contributed by atoms with E-state index in [1.165, 1.54) is 43.6 Å². The van der Waals surface area contributed by atoms with Gasteiger partial charge < -0.3 is 10.2 Å². The molecule has 1 aromatic rings. The second kappa shape index (κ2) is 7.68. The normalized spacial score (nSPS) is 14.8. The first-order valence-electron chi connectivity index (χ1n) is 8.24. The summed E-state index contributed by atoms with van der Waals surface area (Å²) < 4.78 is 0. The minimum absolute atomic E-state index is 0.709. The van der Waals surface area contributed by atoms with Crippen LogP contribution in [0.3, 0.4) is 0 Å². The van der Waals surface area contributed by atoms with E-state index >= 15 is 0 Å². The van der Waals surface area contributed by atoms with E-state index < -0.39 is 0 Å². The van der Waals surface area contributed by atoms with Crippen LogP contribution in [0.15, 0.2) is 24.3 Å². The van der Waals surface area contributed by atoms with Gasteiger partial charge in [-0.3, -0.25) is 0 Å². The molecule has 112 valence electrons. The van der Waals surface area contributed by atoms with Crippen LogP contribution in [0.5, 0.6) is 0 Å². The van der Waals surface area contributed by atoms with Crippen molar-refractivity contribution in [1.82, 2.24) is 5.32 Å². The number of anilines is 1. The van der Waals surface area contributed by atoms with Gasteiger partial charge in [0.2, 0.25) is 0 Å². The average molecular weight is 274 g/mol. The molecule has 0 amide bonds. The summed E-state index contributed by atoms with van der Waals surface area (Å²) in [4.78, 5) is 2.60. The highest BCUT2D eigenvalue weighted by Gasteiger charge is 2.24. The van der Waals surface area contributed by atoms with Crippen LogP contribution in [0, 0.1) is 11.8 Å². The number of para-hydroxylation sites is 1. The average Bonchev–Trinajstić information content (AvgIpc) is 3.22. The summed E-state index contributed by atoms with van der Waals surface area (Å²) in [5.41, 5.74) is 2.89. The van der Waals surface area contributed by atoms with Crippen molar-refractivity contribution in [3.8, 4) is 0 Å². The van der Waals surface area contributed by atoms with E-state index in [4.69, 9.17) is 0 Å². The first-order valence-corrected chi connectivity index (χ1v) is 8.24. The zero-order valence-corrected chi connectivity index (χ0v) is 13.4. The summed E-state index contributed by atoms with van der Waals surface area (Å²) in [6.45, 7) is 11.3. The van der Waals surface area contributed by atoms with Crippen molar-refractivity contribution < 1.29 is 0 Å². The number of hydrogen-bond donors (Lipinski definition) is 1. The highest BCUT2D eigenvalue weighted by atomic mass is 15.1. The van der Waals surface area contributed by atoms with Gasteiger partial charge in [0.05, 0.1) is 0 Å². The highest BCUT2D eigenvalue weighted by molar-refractivity contribution is 5.53. The molecule has 0 unspecified atom stereocenters. The maximum atomic E-state index is 3.58. The molecule has 20 heavy (non-hydrogen) atoms. The molecule has 1 aliphatic carbocycles. The molecule has 2 rings (SSSR count). The Morgan fingerprint density at radius 3 is 2.65 bits per heavy atom. The van der Waals surface area contributed by atoms with Gasteiger partial charge >= 0.3 is 0 Å². The summed E-state index contributed by atoms with van der Waals surface area (Å²) in [6, 6.07) is 8.91. The Bertz CT molecular complexity index is 396. The second-order valence-corrected chi connectivity index (χ2v) is 6.54. The van der Waals surface area contributed by atoms with E-state index in [1.54, 1.807) is 0 Å². The molecule has 0 heterocycles. The largest absolute Gasteiger partial charge is 0.371 e. The monoisotopic (exact) mass is 274 g/mol. The molecule has 1 aromatic carbocycles. The van der Waals surface area contributed by atoms with Crippen LogP contribution in [-0.4, -0.2) is 19.6 Å². The van der Waals surface area contributed by atoms with Gasteiger partial charge in [-0.15, -0.1) is 0 Å². The van der Waals surface area contributed by atoms with Crippen LogP contribution in [0.25, 0.3) is 0 Å². The maximum absolute atomic E-state index is 3.58. The van der Waals surface area contributed by atoms with Crippen molar-refractivity contribution >= 4 is 5.69 Å². The molecule has 0 aliphatic heterocycles. The molecule has 1 fully saturated rings. The lowest BCUT2D eigenvalue weighted by atomic mass is 10.1. The van der Waals surface area contributed by atoms with E-state index in [9.17, 15) is 0 Å². The van der Waals surface area contributed by atoms with Crippen molar-refractivity contribution in [2.24, 2.45) is 11.8 Å². The van der Waals surface area contributed by atoms with Crippen LogP contribution < -0.4 is 10.2 Å². The van der Waals surface area contributed by atoms with E-state index in [0.717, 1.165) is 19.0 Å². The third kappa shape index (κ3) is 4.82. The lowest BCUT2D eigenvalue weighted by Crippen LogP contribution is -2.28. The van der Waals surface area contributed by atoms with Gasteiger partial charge in [-0.2, -0.15) is 0 Å². The summed E-state index contributed by atoms with van der Waals surface area (Å²) in [7, 11) is 0. The highest BCUT2D eigenvalue weighted by Crippen LogP contribution is 2.32. The third-order valence-corrected chi connectivity index (χ3v) is 3.87. The molecule has 1 saturated carbocycles. The first-order chi connectivity index (χ1) is 9.70. The minimum Gasteiger partial charge on any atom is -0.371 e. The molecule has 1 aliphatic rings. The SMILES string of the molecule is CCCN(CC1CC1)c1ccccc1CNCC(C)C. The molecule has 2 heteroatoms. The maximum Gasteiger partial charge on any atom is 0.0411 e. The van der Waals surface area contributed by atoms with Gasteiger partial charge in [0, 0.05) is 25.3 Å². The Kier molecular flexibility index (Phi) is 5.90. The van der Waals surface area contributed by atoms with Crippen molar-refractivity contribution in [3.63, 3.8) is 0 Å². The fraction of sp³-hybridized carbons (Fsp3) is 0.667. The van der Waals surface area contributed by atoms with E-state index in [2.05, 4.69) is 55.3 Å². The van der Waals surface area contributed by atoms with Gasteiger partial charge in [-0.25, -0.2) is 0 Å². The lowest BCUT2D eigenvalue weighted by molar-refractivity contribution is 0.551. The van der Waals surface area contributed by atoms with Gasteiger partial charge in [0.25, 0.3) is 0 Å². The predicted octanol–water partition coefficient (Wildman–Crippen LogP) is 4.06. The van der Waals surface area contributed by atoms with E-state index in [-0.39, 0.29) is 0 Å². The number of nitrogens with zero attached hydrogens (tertiary/aromatic N) is 1. The van der Waals surface area contributed by atoms with Gasteiger partial charge in [0.1, 0.15) is 0 Å². The third-order valence-electron chi connectivity index (χ3n) is 3.87. The molecular weight excluding hydrogens is 244 g/mol. The van der Waals surface area contributed by atoms with Crippen molar-refractivity contribution in [1.29, 1.82) is 0 Å². The number of rotatable bonds is 9. The molecular formula is C18H30N2. The predicted molar refractivity (Wildman–Crippen MR) is 88.2 cm³/mol. The van der Waals surface area contributed by atoms with Crippen LogP contribution in [-0.2, 0) is 6.54 Å². The van der Waals surface area contributed by atoms with Crippen LogP contribution in [0.4, 0.5) is 5.69 Å². The van der Waals surface area contributed by atoms with Crippen LogP contribution in [0.1, 0.15) is 45.6 Å². The Labute approximate surface area is 124 Å². The van der Waals surface area contributed by atoms with E-state index in [1.807, 2.05) is 0 Å². The summed E-state index contributed by atoms with van der Waals surface area (Å²) >= 11 is 0. The quantitative estimate of drug-likeness (QED) is 0.730. The number of nitrogens with one attached hydrogen (secondary N) is 1. The first kappa shape index (κ1) is 15.4. The smallest absolute Gasteiger partial charge is 0.0411 e. The van der Waals surface area contributed by atoms with Crippen molar-refractivity contribution in [3.05, 3.63) is 29.8 Å². The molecule has 2 nitrogen and oxygen atoms in total. The molecule has 0 bridgehead atoms. The molecule has 0 saturated heterocycles. The minimum atomic E-state index is 0.709. The lowest BCUT2D eigenvalue weighted by Gasteiger charge is -2.27. The van der Waals surface area contributed by atoms with Crippen molar-refractivity contribution in [2.75, 3.05) is 24.5 Å². The van der Waals surface area contributed by atoms with E-state index in [0.29, 0.717) is 5.92 Å². The Morgan fingerprint density at radius 1 is 1.25 bits per heavy atom. The standard InChI is InChI=1S/C18H30N2/c1-4-11-20(14-16-9-10-16)18-8-6-5-7-17(18)13-19-12-15(2)3/h5-8,15-16,19H,4,9-14H2,1-3H3. The molecule has 0 radical (unpaired) electrons. The summed E-state index contributed by atoms with van der Waals surface area (Å²) in [6.07, 6.45) is 4.07. The zero-order valence-electron chi connectivity index (χ0n) is 13.4. The van der Waals surface area contributed by atoms with Gasteiger partial charge in [-0.05, 0) is 49.3 Å². The molecule has 1 N–H and O–H groups in total. The number of hydrogen-bond acceptors (Lipinski definition) is 2. The topological polar surface area (TPSA) is 15.3 Å². The Hall–Kier alpha value is -1.02. The Morgan fingerprint density at radius 2 is 2.00 bits per heavy atom. The molecule has 0 atom stereocenters. The van der Waals surface area contributed by atoms with Gasteiger partial charge in [0.15, 0.2) is 0 Å². The van der Waals surface area contributed by atoms with Crippen molar-refractivity contribution in [2.45, 2.75) is 46.6 Å². The fourth-order valence-corrected chi connectivity index (χ4v) is 2.66. The Balaban J connectivity index is 2.02. The molecule has 0 spiro atoms. The summed E-state index contributed by atoms with van der Waals surface area (Å²) in [5.74, 6) is 1.65. The fourth-order valence-electron chi connectivity index (χ4n) is 2.66. The second-order valence-electron chi connectivity index (χ2n) is 6.54. The summed E-state index contributed by atoms with van der Waals surface area (Å²) in [5, 5.41) is 3.58. The number of benzene rings is 1.